The van der Waals surface area contributed by atoms with E-state index in [-0.39, 0.29) is 0 Å². The van der Waals surface area contributed by atoms with Gasteiger partial charge in [0, 0.05) is 50.2 Å². The predicted octanol–water partition coefficient (Wildman–Crippen LogP) is 13.3. The average Bonchev–Trinajstić information content (AvgIpc) is 3.55. The van der Waals surface area contributed by atoms with Crippen LogP contribution in [0.15, 0.2) is 186 Å². The van der Waals surface area contributed by atoms with Crippen LogP contribution in [0.2, 0.25) is 0 Å². The molecule has 10 rings (SSSR count). The zero-order valence-electron chi connectivity index (χ0n) is 26.6. The Hall–Kier alpha value is -6.58. The molecule has 8 aromatic carbocycles. The van der Waals surface area contributed by atoms with Gasteiger partial charge in [0.1, 0.15) is 11.2 Å². The highest BCUT2D eigenvalue weighted by Gasteiger charge is 2.28. The maximum Gasteiger partial charge on any atom is 0.137 e. The van der Waals surface area contributed by atoms with E-state index in [2.05, 4.69) is 180 Å². The lowest BCUT2D eigenvalue weighted by Gasteiger charge is -2.35. The second-order valence-electron chi connectivity index (χ2n) is 12.5. The summed E-state index contributed by atoms with van der Waals surface area (Å²) in [5, 5.41) is 4.66. The second kappa shape index (κ2) is 11.0. The maximum absolute atomic E-state index is 6.41. The molecule has 2 heterocycles. The molecule has 49 heavy (non-hydrogen) atoms. The van der Waals surface area contributed by atoms with Gasteiger partial charge in [-0.05, 0) is 77.4 Å². The maximum atomic E-state index is 6.41. The molecule has 1 aliphatic heterocycles. The number of hydrogen-bond donors (Lipinski definition) is 0. The van der Waals surface area contributed by atoms with Gasteiger partial charge in [-0.3, -0.25) is 0 Å². The van der Waals surface area contributed by atoms with Crippen molar-refractivity contribution in [2.24, 2.45) is 0 Å². The molecular weight excluding hydrogens is 597 g/mol. The van der Waals surface area contributed by atoms with Crippen LogP contribution in [0.3, 0.4) is 0 Å². The van der Waals surface area contributed by atoms with Crippen molar-refractivity contribution in [2.45, 2.75) is 0 Å². The van der Waals surface area contributed by atoms with Gasteiger partial charge in [-0.15, -0.1) is 0 Å². The molecule has 0 saturated carbocycles. The van der Waals surface area contributed by atoms with E-state index in [4.69, 9.17) is 4.42 Å². The fourth-order valence-electron chi connectivity index (χ4n) is 7.57. The molecule has 0 radical (unpaired) electrons. The van der Waals surface area contributed by atoms with Crippen LogP contribution in [0.5, 0.6) is 0 Å². The summed E-state index contributed by atoms with van der Waals surface area (Å²) in [5.74, 6) is 0. The normalized spacial score (nSPS) is 12.0. The molecule has 0 atom stereocenters. The molecule has 9 aromatic rings. The van der Waals surface area contributed by atoms with E-state index < -0.39 is 0 Å². The Morgan fingerprint density at radius 3 is 1.92 bits per heavy atom. The highest BCUT2D eigenvalue weighted by atomic mass is 16.3. The monoisotopic (exact) mass is 626 g/mol. The fourth-order valence-corrected chi connectivity index (χ4v) is 7.57. The molecule has 0 spiro atoms. The molecule has 1 aliphatic rings. The van der Waals surface area contributed by atoms with Gasteiger partial charge in [-0.25, -0.2) is 0 Å². The Balaban J connectivity index is 1.22. The molecular formula is C46H30N2O. The first-order chi connectivity index (χ1) is 24.3. The quantitative estimate of drug-likeness (QED) is 0.189. The molecule has 0 amide bonds. The van der Waals surface area contributed by atoms with Crippen LogP contribution in [-0.2, 0) is 0 Å². The van der Waals surface area contributed by atoms with E-state index in [1.165, 1.54) is 44.4 Å². The van der Waals surface area contributed by atoms with Crippen LogP contribution in [0, 0.1) is 0 Å². The lowest BCUT2D eigenvalue weighted by molar-refractivity contribution is 0.669. The minimum atomic E-state index is 0.872. The third-order valence-electron chi connectivity index (χ3n) is 9.78. The number of furan rings is 1. The van der Waals surface area contributed by atoms with Crippen molar-refractivity contribution in [1.82, 2.24) is 0 Å². The number of para-hydroxylation sites is 3. The van der Waals surface area contributed by atoms with Crippen molar-refractivity contribution in [1.29, 1.82) is 0 Å². The minimum absolute atomic E-state index is 0.872. The molecule has 1 aromatic heterocycles. The van der Waals surface area contributed by atoms with E-state index in [0.717, 1.165) is 44.7 Å². The van der Waals surface area contributed by atoms with Crippen LogP contribution >= 0.6 is 0 Å². The lowest BCUT2D eigenvalue weighted by Crippen LogP contribution is -2.16. The first-order valence-electron chi connectivity index (χ1n) is 16.7. The molecule has 0 unspecified atom stereocenters. The van der Waals surface area contributed by atoms with Gasteiger partial charge in [-0.2, -0.15) is 0 Å². The van der Waals surface area contributed by atoms with Crippen LogP contribution in [0.4, 0.5) is 34.1 Å². The Morgan fingerprint density at radius 2 is 1.06 bits per heavy atom. The molecule has 0 N–H and O–H groups in total. The molecule has 0 bridgehead atoms. The highest BCUT2D eigenvalue weighted by molar-refractivity contribution is 6.18. The third kappa shape index (κ3) is 4.37. The summed E-state index contributed by atoms with van der Waals surface area (Å²) < 4.78 is 6.41. The predicted molar refractivity (Wildman–Crippen MR) is 205 cm³/mol. The van der Waals surface area contributed by atoms with Gasteiger partial charge in [0.15, 0.2) is 0 Å². The van der Waals surface area contributed by atoms with Crippen molar-refractivity contribution in [3.63, 3.8) is 0 Å². The van der Waals surface area contributed by atoms with Gasteiger partial charge in [0.2, 0.25) is 0 Å². The standard InChI is InChI=1S/C46H30N2O/c1-3-12-31(13-4-1)32-22-24-34(25-23-32)47(35-26-27-38-37-17-8-10-21-44(37)49-45(38)30-35)42-29-28-39-36-16-7-9-19-41(36)48(33-14-5-2-6-15-33)43-20-11-18-40(42)46(39)43/h1-30H. The molecule has 230 valence electrons. The summed E-state index contributed by atoms with van der Waals surface area (Å²) in [5.41, 5.74) is 13.3. The zero-order valence-corrected chi connectivity index (χ0v) is 26.6. The van der Waals surface area contributed by atoms with E-state index in [9.17, 15) is 0 Å². The number of benzene rings is 8. The molecule has 0 aliphatic carbocycles. The fraction of sp³-hybridized carbons (Fsp3) is 0. The first-order valence-corrected chi connectivity index (χ1v) is 16.7. The van der Waals surface area contributed by atoms with E-state index in [0.29, 0.717) is 0 Å². The zero-order chi connectivity index (χ0) is 32.3. The topological polar surface area (TPSA) is 19.6 Å². The number of rotatable bonds is 5. The van der Waals surface area contributed by atoms with Gasteiger partial charge >= 0.3 is 0 Å². The Kier molecular flexibility index (Phi) is 6.18. The summed E-state index contributed by atoms with van der Waals surface area (Å²) in [7, 11) is 0. The molecule has 0 fully saturated rings. The summed E-state index contributed by atoms with van der Waals surface area (Å²) in [4.78, 5) is 4.77. The van der Waals surface area contributed by atoms with Crippen molar-refractivity contribution in [3.8, 4) is 22.3 Å². The van der Waals surface area contributed by atoms with Crippen LogP contribution in [-0.4, -0.2) is 0 Å². The van der Waals surface area contributed by atoms with Gasteiger partial charge in [0.05, 0.1) is 17.1 Å². The van der Waals surface area contributed by atoms with Crippen LogP contribution in [0.1, 0.15) is 0 Å². The molecule has 3 nitrogen and oxygen atoms in total. The largest absolute Gasteiger partial charge is 0.456 e. The average molecular weight is 627 g/mol. The van der Waals surface area contributed by atoms with Gasteiger partial charge in [0.25, 0.3) is 0 Å². The van der Waals surface area contributed by atoms with Gasteiger partial charge < -0.3 is 14.2 Å². The summed E-state index contributed by atoms with van der Waals surface area (Å²) >= 11 is 0. The minimum Gasteiger partial charge on any atom is -0.456 e. The summed E-state index contributed by atoms with van der Waals surface area (Å²) in [6.45, 7) is 0. The van der Waals surface area contributed by atoms with Crippen LogP contribution < -0.4 is 9.80 Å². The number of hydrogen-bond acceptors (Lipinski definition) is 3. The van der Waals surface area contributed by atoms with Crippen molar-refractivity contribution in [3.05, 3.63) is 182 Å². The highest BCUT2D eigenvalue weighted by Crippen LogP contribution is 2.53. The Morgan fingerprint density at radius 1 is 0.408 bits per heavy atom. The lowest BCUT2D eigenvalue weighted by atomic mass is 9.89. The van der Waals surface area contributed by atoms with Crippen molar-refractivity contribution in [2.75, 3.05) is 9.80 Å². The number of anilines is 6. The number of fused-ring (bicyclic) bond motifs is 5. The van der Waals surface area contributed by atoms with Crippen molar-refractivity contribution < 1.29 is 4.42 Å². The van der Waals surface area contributed by atoms with E-state index in [1.807, 2.05) is 12.1 Å². The molecule has 0 saturated heterocycles. The Bertz CT molecular complexity index is 2660. The number of nitrogens with zero attached hydrogens (tertiary/aromatic N) is 2. The van der Waals surface area contributed by atoms with Crippen molar-refractivity contribution >= 4 is 66.8 Å². The van der Waals surface area contributed by atoms with Gasteiger partial charge in [-0.1, -0.05) is 115 Å². The summed E-state index contributed by atoms with van der Waals surface area (Å²) in [6.07, 6.45) is 0. The van der Waals surface area contributed by atoms with Crippen LogP contribution in [0.25, 0.3) is 55.0 Å². The summed E-state index contributed by atoms with van der Waals surface area (Å²) in [6, 6.07) is 65.0. The second-order valence-corrected chi connectivity index (χ2v) is 12.5. The molecule has 3 heteroatoms. The smallest absolute Gasteiger partial charge is 0.137 e. The van der Waals surface area contributed by atoms with E-state index >= 15 is 0 Å². The third-order valence-corrected chi connectivity index (χ3v) is 9.78. The first kappa shape index (κ1) is 27.5. The van der Waals surface area contributed by atoms with E-state index in [1.54, 1.807) is 0 Å². The SMILES string of the molecule is c1ccc(-c2ccc(N(c3ccc4c(c3)oc3ccccc34)c3ccc4c5c(cccc35)N(c3ccccc3)c3ccccc3-4)cc2)cc1. The Labute approximate surface area is 284 Å².